The quantitative estimate of drug-likeness (QED) is 0.726. The third-order valence-corrected chi connectivity index (χ3v) is 1.75. The number of hydrogen-bond donors (Lipinski definition) is 2. The predicted octanol–water partition coefficient (Wildman–Crippen LogP) is 0.304. The van der Waals surface area contributed by atoms with Gasteiger partial charge in [-0.1, -0.05) is 12.1 Å². The molecule has 4 heteroatoms. The molecule has 0 saturated carbocycles. The summed E-state index contributed by atoms with van der Waals surface area (Å²) in [6, 6.07) is 6.93. The molecule has 76 valence electrons. The first-order valence-electron chi connectivity index (χ1n) is 4.29. The van der Waals surface area contributed by atoms with Gasteiger partial charge >= 0.3 is 0 Å². The van der Waals surface area contributed by atoms with Crippen molar-refractivity contribution in [2.75, 3.05) is 13.7 Å². The maximum Gasteiger partial charge on any atom is 0.257 e. The largest absolute Gasteiger partial charge is 0.484 e. The first kappa shape index (κ1) is 10.5. The average Bonchev–Trinajstić information content (AvgIpc) is 2.26. The second-order valence-electron chi connectivity index (χ2n) is 2.76. The van der Waals surface area contributed by atoms with Crippen molar-refractivity contribution in [3.8, 4) is 5.75 Å². The van der Waals surface area contributed by atoms with Gasteiger partial charge in [-0.15, -0.1) is 0 Å². The van der Waals surface area contributed by atoms with Crippen LogP contribution in [0.1, 0.15) is 5.56 Å². The van der Waals surface area contributed by atoms with Crippen molar-refractivity contribution < 1.29 is 14.6 Å². The lowest BCUT2D eigenvalue weighted by atomic mass is 10.2. The summed E-state index contributed by atoms with van der Waals surface area (Å²) < 4.78 is 5.16. The molecule has 0 saturated heterocycles. The molecule has 2 N–H and O–H groups in total. The topological polar surface area (TPSA) is 58.6 Å². The van der Waals surface area contributed by atoms with Gasteiger partial charge in [0.15, 0.2) is 6.61 Å². The Morgan fingerprint density at radius 3 is 2.57 bits per heavy atom. The molecular formula is C10H13NO3. The van der Waals surface area contributed by atoms with Crippen molar-refractivity contribution in [1.82, 2.24) is 5.32 Å². The predicted molar refractivity (Wildman–Crippen MR) is 51.9 cm³/mol. The number of ether oxygens (including phenoxy) is 1. The lowest BCUT2D eigenvalue weighted by molar-refractivity contribution is -0.122. The molecule has 0 unspecified atom stereocenters. The number of rotatable bonds is 4. The van der Waals surface area contributed by atoms with Crippen LogP contribution in [0.15, 0.2) is 24.3 Å². The zero-order valence-electron chi connectivity index (χ0n) is 7.99. The molecule has 0 aromatic heterocycles. The van der Waals surface area contributed by atoms with E-state index < -0.39 is 0 Å². The molecule has 0 heterocycles. The minimum absolute atomic E-state index is 0.00890. The van der Waals surface area contributed by atoms with E-state index in [0.29, 0.717) is 5.75 Å². The summed E-state index contributed by atoms with van der Waals surface area (Å²) >= 11 is 0. The second kappa shape index (κ2) is 5.24. The zero-order chi connectivity index (χ0) is 10.4. The third-order valence-electron chi connectivity index (χ3n) is 1.75. The Kier molecular flexibility index (Phi) is 3.94. The van der Waals surface area contributed by atoms with E-state index in [0.717, 1.165) is 5.56 Å². The van der Waals surface area contributed by atoms with Gasteiger partial charge in [-0.2, -0.15) is 0 Å². The van der Waals surface area contributed by atoms with Crippen LogP contribution in [-0.4, -0.2) is 24.7 Å². The highest BCUT2D eigenvalue weighted by atomic mass is 16.5. The number of carbonyl (C=O) groups excluding carboxylic acids is 1. The van der Waals surface area contributed by atoms with Crippen LogP contribution in [0.25, 0.3) is 0 Å². The number of likely N-dealkylation sites (N-methyl/N-ethyl adjacent to an activating group) is 1. The van der Waals surface area contributed by atoms with Crippen LogP contribution in [0.2, 0.25) is 0 Å². The molecular weight excluding hydrogens is 182 g/mol. The number of aliphatic hydroxyl groups excluding tert-OH is 1. The van der Waals surface area contributed by atoms with Gasteiger partial charge in [0.05, 0.1) is 6.61 Å². The lowest BCUT2D eigenvalue weighted by Gasteiger charge is -2.05. The molecule has 0 atom stereocenters. The fraction of sp³-hybridized carbons (Fsp3) is 0.300. The highest BCUT2D eigenvalue weighted by molar-refractivity contribution is 5.77. The highest BCUT2D eigenvalue weighted by Crippen LogP contribution is 2.11. The van der Waals surface area contributed by atoms with Crippen molar-refractivity contribution in [3.05, 3.63) is 29.8 Å². The van der Waals surface area contributed by atoms with Crippen LogP contribution >= 0.6 is 0 Å². The molecule has 1 aromatic carbocycles. The monoisotopic (exact) mass is 195 g/mol. The van der Waals surface area contributed by atoms with Crippen molar-refractivity contribution >= 4 is 5.91 Å². The van der Waals surface area contributed by atoms with Crippen LogP contribution in [0.3, 0.4) is 0 Å². The van der Waals surface area contributed by atoms with E-state index in [9.17, 15) is 4.79 Å². The van der Waals surface area contributed by atoms with E-state index in [-0.39, 0.29) is 19.1 Å². The first-order chi connectivity index (χ1) is 6.76. The summed E-state index contributed by atoms with van der Waals surface area (Å²) in [7, 11) is 1.56. The Bertz CT molecular complexity index is 295. The number of aliphatic hydroxyl groups is 1. The Balaban J connectivity index is 2.47. The SMILES string of the molecule is CNC(=O)COc1ccc(CO)cc1. The molecule has 0 spiro atoms. The molecule has 0 aliphatic heterocycles. The number of carbonyl (C=O) groups is 1. The van der Waals surface area contributed by atoms with Crippen LogP contribution in [-0.2, 0) is 11.4 Å². The van der Waals surface area contributed by atoms with Gasteiger partial charge in [-0.3, -0.25) is 4.79 Å². The normalized spacial score (nSPS) is 9.57. The number of amides is 1. The Hall–Kier alpha value is -1.55. The molecule has 0 bridgehead atoms. The summed E-state index contributed by atoms with van der Waals surface area (Å²) in [5.41, 5.74) is 0.817. The van der Waals surface area contributed by atoms with Gasteiger partial charge < -0.3 is 15.2 Å². The fourth-order valence-corrected chi connectivity index (χ4v) is 0.912. The maximum absolute atomic E-state index is 10.8. The molecule has 0 aliphatic carbocycles. The molecule has 0 radical (unpaired) electrons. The Labute approximate surface area is 82.5 Å². The zero-order valence-corrected chi connectivity index (χ0v) is 7.99. The molecule has 4 nitrogen and oxygen atoms in total. The van der Waals surface area contributed by atoms with E-state index in [1.165, 1.54) is 0 Å². The molecule has 1 rings (SSSR count). The molecule has 1 amide bonds. The average molecular weight is 195 g/mol. The van der Waals surface area contributed by atoms with Gasteiger partial charge in [-0.05, 0) is 17.7 Å². The molecule has 0 aliphatic rings. The van der Waals surface area contributed by atoms with Gasteiger partial charge in [-0.25, -0.2) is 0 Å². The molecule has 14 heavy (non-hydrogen) atoms. The van der Waals surface area contributed by atoms with Gasteiger partial charge in [0.2, 0.25) is 0 Å². The van der Waals surface area contributed by atoms with Crippen molar-refractivity contribution in [1.29, 1.82) is 0 Å². The molecule has 0 fully saturated rings. The number of nitrogens with one attached hydrogen (secondary N) is 1. The Morgan fingerprint density at radius 2 is 2.07 bits per heavy atom. The third kappa shape index (κ3) is 3.06. The minimum atomic E-state index is -0.170. The standard InChI is InChI=1S/C10H13NO3/c1-11-10(13)7-14-9-4-2-8(6-12)3-5-9/h2-5,12H,6-7H2,1H3,(H,11,13). The van der Waals surface area contributed by atoms with Crippen molar-refractivity contribution in [2.45, 2.75) is 6.61 Å². The number of benzene rings is 1. The van der Waals surface area contributed by atoms with Gasteiger partial charge in [0.1, 0.15) is 5.75 Å². The summed E-state index contributed by atoms with van der Waals surface area (Å²) in [5.74, 6) is 0.446. The van der Waals surface area contributed by atoms with Gasteiger partial charge in [0.25, 0.3) is 5.91 Å². The smallest absolute Gasteiger partial charge is 0.257 e. The summed E-state index contributed by atoms with van der Waals surface area (Å²) in [5, 5.41) is 11.2. The van der Waals surface area contributed by atoms with Gasteiger partial charge in [0, 0.05) is 7.05 Å². The van der Waals surface area contributed by atoms with E-state index in [1.54, 1.807) is 31.3 Å². The second-order valence-corrected chi connectivity index (χ2v) is 2.76. The van der Waals surface area contributed by atoms with Crippen molar-refractivity contribution in [2.24, 2.45) is 0 Å². The van der Waals surface area contributed by atoms with Crippen LogP contribution in [0.5, 0.6) is 5.75 Å². The van der Waals surface area contributed by atoms with Crippen LogP contribution in [0, 0.1) is 0 Å². The van der Waals surface area contributed by atoms with Crippen LogP contribution in [0.4, 0.5) is 0 Å². The van der Waals surface area contributed by atoms with E-state index in [4.69, 9.17) is 9.84 Å². The number of hydrogen-bond acceptors (Lipinski definition) is 3. The molecule has 1 aromatic rings. The van der Waals surface area contributed by atoms with E-state index in [2.05, 4.69) is 5.32 Å². The minimum Gasteiger partial charge on any atom is -0.484 e. The fourth-order valence-electron chi connectivity index (χ4n) is 0.912. The summed E-state index contributed by atoms with van der Waals surface area (Å²) in [6.07, 6.45) is 0. The van der Waals surface area contributed by atoms with Crippen LogP contribution < -0.4 is 10.1 Å². The Morgan fingerprint density at radius 1 is 1.43 bits per heavy atom. The summed E-state index contributed by atoms with van der Waals surface area (Å²) in [4.78, 5) is 10.8. The van der Waals surface area contributed by atoms with E-state index >= 15 is 0 Å². The van der Waals surface area contributed by atoms with Crippen molar-refractivity contribution in [3.63, 3.8) is 0 Å². The maximum atomic E-state index is 10.8. The first-order valence-corrected chi connectivity index (χ1v) is 4.29. The summed E-state index contributed by atoms with van der Waals surface area (Å²) in [6.45, 7) is 0.0185. The lowest BCUT2D eigenvalue weighted by Crippen LogP contribution is -2.24. The van der Waals surface area contributed by atoms with E-state index in [1.807, 2.05) is 0 Å². The highest BCUT2D eigenvalue weighted by Gasteiger charge is 1.99.